The smallest absolute Gasteiger partial charge is 0.417 e. The number of ether oxygens (including phenoxy) is 1. The van der Waals surface area contributed by atoms with E-state index in [0.29, 0.717) is 0 Å². The highest BCUT2D eigenvalue weighted by Gasteiger charge is 2.34. The number of hydrazone groups is 1. The van der Waals surface area contributed by atoms with Crippen molar-refractivity contribution in [2.24, 2.45) is 10.8 Å². The van der Waals surface area contributed by atoms with Crippen molar-refractivity contribution in [1.82, 2.24) is 5.43 Å². The third kappa shape index (κ3) is 3.59. The van der Waals surface area contributed by atoms with Crippen molar-refractivity contribution in [2.75, 3.05) is 7.11 Å². The minimum atomic E-state index is -4.50. The summed E-state index contributed by atoms with van der Waals surface area (Å²) < 4.78 is 43.1. The number of methoxy groups -OCH3 is 1. The Morgan fingerprint density at radius 2 is 2.17 bits per heavy atom. The first-order valence-electron chi connectivity index (χ1n) is 4.69. The van der Waals surface area contributed by atoms with Crippen molar-refractivity contribution in [2.45, 2.75) is 6.18 Å². The van der Waals surface area contributed by atoms with E-state index in [1.54, 1.807) is 0 Å². The molecule has 8 heteroatoms. The molecule has 0 aromatic heterocycles. The number of alkyl halides is 3. The number of hydrogen-bond donors (Lipinski definition) is 2. The van der Waals surface area contributed by atoms with Crippen LogP contribution in [0.2, 0.25) is 0 Å². The molecule has 4 nitrogen and oxygen atoms in total. The van der Waals surface area contributed by atoms with Crippen LogP contribution in [0.4, 0.5) is 13.2 Å². The van der Waals surface area contributed by atoms with Gasteiger partial charge < -0.3 is 10.5 Å². The Morgan fingerprint density at radius 3 is 2.67 bits per heavy atom. The molecule has 98 valence electrons. The zero-order chi connectivity index (χ0) is 13.8. The fraction of sp³-hybridized carbons (Fsp3) is 0.200. The molecule has 0 fully saturated rings. The molecule has 0 unspecified atom stereocenters. The maximum absolute atomic E-state index is 12.8. The Hall–Kier alpha value is -1.83. The lowest BCUT2D eigenvalue weighted by Gasteiger charge is -2.12. The highest BCUT2D eigenvalue weighted by atomic mass is 32.1. The van der Waals surface area contributed by atoms with Crippen LogP contribution in [0.5, 0.6) is 5.75 Å². The average molecular weight is 277 g/mol. The molecule has 0 radical (unpaired) electrons. The molecule has 0 aliphatic carbocycles. The van der Waals surface area contributed by atoms with Crippen molar-refractivity contribution in [3.05, 3.63) is 29.3 Å². The third-order valence-corrected chi connectivity index (χ3v) is 2.05. The number of nitrogens with one attached hydrogen (secondary N) is 1. The molecule has 0 heterocycles. The van der Waals surface area contributed by atoms with Crippen LogP contribution in [-0.2, 0) is 6.18 Å². The Labute approximate surface area is 107 Å². The van der Waals surface area contributed by atoms with Crippen LogP contribution >= 0.6 is 12.2 Å². The van der Waals surface area contributed by atoms with Crippen LogP contribution < -0.4 is 15.9 Å². The summed E-state index contributed by atoms with van der Waals surface area (Å²) in [5, 5.41) is 3.36. The maximum atomic E-state index is 12.8. The molecule has 0 spiro atoms. The van der Waals surface area contributed by atoms with Crippen LogP contribution in [0.25, 0.3) is 0 Å². The summed E-state index contributed by atoms with van der Waals surface area (Å²) >= 11 is 4.48. The van der Waals surface area contributed by atoms with Gasteiger partial charge in [-0.3, -0.25) is 5.43 Å². The van der Waals surface area contributed by atoms with Crippen molar-refractivity contribution in [3.63, 3.8) is 0 Å². The molecule has 0 atom stereocenters. The van der Waals surface area contributed by atoms with E-state index in [1.165, 1.54) is 19.2 Å². The van der Waals surface area contributed by atoms with Crippen LogP contribution in [0.1, 0.15) is 11.1 Å². The quantitative estimate of drug-likeness (QED) is 0.503. The third-order valence-electron chi connectivity index (χ3n) is 1.96. The summed E-state index contributed by atoms with van der Waals surface area (Å²) in [6.45, 7) is 0. The molecule has 0 aliphatic heterocycles. The van der Waals surface area contributed by atoms with E-state index in [1.807, 2.05) is 0 Å². The predicted molar refractivity (Wildman–Crippen MR) is 65.5 cm³/mol. The lowest BCUT2D eigenvalue weighted by molar-refractivity contribution is -0.137. The van der Waals surface area contributed by atoms with Crippen molar-refractivity contribution in [3.8, 4) is 5.75 Å². The summed E-state index contributed by atoms with van der Waals surface area (Å²) in [4.78, 5) is 0. The second-order valence-corrected chi connectivity index (χ2v) is 3.59. The van der Waals surface area contributed by atoms with Gasteiger partial charge in [-0.2, -0.15) is 18.3 Å². The van der Waals surface area contributed by atoms with Crippen LogP contribution in [-0.4, -0.2) is 18.4 Å². The van der Waals surface area contributed by atoms with Gasteiger partial charge in [-0.05, 0) is 24.4 Å². The monoisotopic (exact) mass is 277 g/mol. The van der Waals surface area contributed by atoms with E-state index < -0.39 is 11.7 Å². The number of benzene rings is 1. The molecule has 3 N–H and O–H groups in total. The SMILES string of the molecule is COc1cccc(C(F)(F)F)c1C=NNC(N)=S. The van der Waals surface area contributed by atoms with Gasteiger partial charge in [0, 0.05) is 5.56 Å². The standard InChI is InChI=1S/C10H10F3N3OS/c1-17-8-4-2-3-7(10(11,12)13)6(8)5-15-16-9(14)18/h2-5H,1H3,(H3,14,16,18). The zero-order valence-electron chi connectivity index (χ0n) is 9.28. The number of thiocarbonyl (C=S) groups is 1. The van der Waals surface area contributed by atoms with Gasteiger partial charge in [0.15, 0.2) is 5.11 Å². The van der Waals surface area contributed by atoms with E-state index in [9.17, 15) is 13.2 Å². The molecule has 0 saturated carbocycles. The Balaban J connectivity index is 3.20. The van der Waals surface area contributed by atoms with Crippen LogP contribution in [0, 0.1) is 0 Å². The number of nitrogens with zero attached hydrogens (tertiary/aromatic N) is 1. The van der Waals surface area contributed by atoms with Gasteiger partial charge in [0.1, 0.15) is 5.75 Å². The van der Waals surface area contributed by atoms with Gasteiger partial charge in [0.2, 0.25) is 0 Å². The Kier molecular flexibility index (Phi) is 4.49. The Morgan fingerprint density at radius 1 is 1.50 bits per heavy atom. The molecule has 0 aliphatic rings. The van der Waals surface area contributed by atoms with Crippen molar-refractivity contribution >= 4 is 23.5 Å². The normalized spacial score (nSPS) is 11.6. The minimum Gasteiger partial charge on any atom is -0.496 e. The second kappa shape index (κ2) is 5.67. The molecular weight excluding hydrogens is 267 g/mol. The summed E-state index contributed by atoms with van der Waals surface area (Å²) in [6.07, 6.45) is -3.54. The first kappa shape index (κ1) is 14.2. The molecule has 1 aromatic rings. The molecule has 0 bridgehead atoms. The summed E-state index contributed by atoms with van der Waals surface area (Å²) in [5.41, 5.74) is 6.23. The Bertz CT molecular complexity index is 474. The predicted octanol–water partition coefficient (Wildman–Crippen LogP) is 1.88. The van der Waals surface area contributed by atoms with Gasteiger partial charge >= 0.3 is 6.18 Å². The molecular formula is C10H10F3N3OS. The van der Waals surface area contributed by atoms with E-state index in [2.05, 4.69) is 22.7 Å². The summed E-state index contributed by atoms with van der Waals surface area (Å²) in [6, 6.07) is 3.59. The number of halogens is 3. The fourth-order valence-corrected chi connectivity index (χ4v) is 1.32. The summed E-state index contributed by atoms with van der Waals surface area (Å²) in [5.74, 6) is 0.0540. The summed E-state index contributed by atoms with van der Waals surface area (Å²) in [7, 11) is 1.27. The lowest BCUT2D eigenvalue weighted by Crippen LogP contribution is -2.24. The molecule has 0 amide bonds. The van der Waals surface area contributed by atoms with Crippen molar-refractivity contribution in [1.29, 1.82) is 0 Å². The fourth-order valence-electron chi connectivity index (χ4n) is 1.26. The molecule has 1 aromatic carbocycles. The van der Waals surface area contributed by atoms with Crippen LogP contribution in [0.3, 0.4) is 0 Å². The number of rotatable bonds is 3. The van der Waals surface area contributed by atoms with Gasteiger partial charge in [0.05, 0.1) is 18.9 Å². The van der Waals surface area contributed by atoms with E-state index in [-0.39, 0.29) is 16.4 Å². The van der Waals surface area contributed by atoms with Crippen LogP contribution in [0.15, 0.2) is 23.3 Å². The van der Waals surface area contributed by atoms with E-state index in [4.69, 9.17) is 10.5 Å². The van der Waals surface area contributed by atoms with E-state index >= 15 is 0 Å². The van der Waals surface area contributed by atoms with Crippen molar-refractivity contribution < 1.29 is 17.9 Å². The van der Waals surface area contributed by atoms with Gasteiger partial charge in [-0.25, -0.2) is 0 Å². The average Bonchev–Trinajstić information content (AvgIpc) is 2.27. The van der Waals surface area contributed by atoms with Gasteiger partial charge in [0.25, 0.3) is 0 Å². The van der Waals surface area contributed by atoms with Gasteiger partial charge in [-0.1, -0.05) is 6.07 Å². The topological polar surface area (TPSA) is 59.6 Å². The molecule has 1 rings (SSSR count). The molecule has 0 saturated heterocycles. The first-order chi connectivity index (χ1) is 8.36. The molecule has 18 heavy (non-hydrogen) atoms. The lowest BCUT2D eigenvalue weighted by atomic mass is 10.1. The zero-order valence-corrected chi connectivity index (χ0v) is 10.1. The maximum Gasteiger partial charge on any atom is 0.417 e. The minimum absolute atomic E-state index is 0.0540. The number of hydrogen-bond acceptors (Lipinski definition) is 3. The highest BCUT2D eigenvalue weighted by Crippen LogP contribution is 2.34. The second-order valence-electron chi connectivity index (χ2n) is 3.15. The number of nitrogens with two attached hydrogens (primary N) is 1. The van der Waals surface area contributed by atoms with E-state index in [0.717, 1.165) is 12.3 Å². The largest absolute Gasteiger partial charge is 0.496 e. The highest BCUT2D eigenvalue weighted by molar-refractivity contribution is 7.80. The van der Waals surface area contributed by atoms with Gasteiger partial charge in [-0.15, -0.1) is 0 Å². The first-order valence-corrected chi connectivity index (χ1v) is 5.09.